The number of hydrogen-bond donors (Lipinski definition) is 0. The van der Waals surface area contributed by atoms with Gasteiger partial charge in [-0.15, -0.1) is 0 Å². The maximum atomic E-state index is 13.1. The summed E-state index contributed by atoms with van der Waals surface area (Å²) < 4.78 is 224. The summed E-state index contributed by atoms with van der Waals surface area (Å²) in [6.45, 7) is 0. The van der Waals surface area contributed by atoms with Crippen LogP contribution >= 0.6 is 0 Å². The minimum absolute atomic E-state index is 2.02. The summed E-state index contributed by atoms with van der Waals surface area (Å²) in [4.78, 5) is 0. The van der Waals surface area contributed by atoms with Gasteiger partial charge in [0.15, 0.2) is 11.1 Å². The van der Waals surface area contributed by atoms with E-state index in [1.54, 1.807) is 0 Å². The van der Waals surface area contributed by atoms with E-state index in [1.165, 1.54) is 0 Å². The molecule has 0 amide bonds. The molecule has 0 spiro atoms. The number of alkyl halides is 16. The molecule has 0 aromatic carbocycles. The van der Waals surface area contributed by atoms with Crippen LogP contribution in [0, 0.1) is 0 Å². The van der Waals surface area contributed by atoms with Crippen molar-refractivity contribution in [3.05, 3.63) is 23.2 Å². The third-order valence-corrected chi connectivity index (χ3v) is 2.48. The molecule has 0 saturated heterocycles. The van der Waals surface area contributed by atoms with Gasteiger partial charge in [0.25, 0.3) is 12.0 Å². The van der Waals surface area contributed by atoms with E-state index in [9.17, 15) is 79.0 Å². The molecule has 0 bridgehead atoms. The Labute approximate surface area is 145 Å². The summed E-state index contributed by atoms with van der Waals surface area (Å²) in [6.07, 6.45) is -29.0. The first-order chi connectivity index (χ1) is 12.3. The standard InChI is InChI=1S/C10F18O/c11-3(1(7(17,18)19)5(13,14)9(23,24)25)29-4(12)2(8(20,21)22)6(15,16)10(26,27)28. The average Bonchev–Trinajstić information content (AvgIpc) is 2.30. The van der Waals surface area contributed by atoms with Crippen LogP contribution in [0.1, 0.15) is 0 Å². The van der Waals surface area contributed by atoms with Crippen LogP contribution in [-0.4, -0.2) is 36.6 Å². The largest absolute Gasteiger partial charge is 0.458 e. The summed E-state index contributed by atoms with van der Waals surface area (Å²) in [5.41, 5.74) is -9.71. The van der Waals surface area contributed by atoms with Crippen molar-refractivity contribution in [3.8, 4) is 0 Å². The Morgan fingerprint density at radius 3 is 0.759 bits per heavy atom. The zero-order chi connectivity index (χ0) is 24.0. The van der Waals surface area contributed by atoms with Gasteiger partial charge in [0, 0.05) is 0 Å². The molecule has 0 aromatic heterocycles. The van der Waals surface area contributed by atoms with Gasteiger partial charge in [-0.1, -0.05) is 0 Å². The highest BCUT2D eigenvalue weighted by Crippen LogP contribution is 2.51. The van der Waals surface area contributed by atoms with E-state index in [4.69, 9.17) is 0 Å². The van der Waals surface area contributed by atoms with Crippen LogP contribution in [0.3, 0.4) is 0 Å². The third kappa shape index (κ3) is 5.55. The van der Waals surface area contributed by atoms with Crippen LogP contribution in [0.5, 0.6) is 0 Å². The molecule has 0 aromatic rings. The molecule has 0 heterocycles. The maximum absolute atomic E-state index is 13.1. The summed E-state index contributed by atoms with van der Waals surface area (Å²) in [5.74, 6) is -14.7. The number of ether oxygens (including phenoxy) is 1. The molecule has 0 aliphatic carbocycles. The maximum Gasteiger partial charge on any atom is 0.458 e. The van der Waals surface area contributed by atoms with E-state index in [-0.39, 0.29) is 0 Å². The van der Waals surface area contributed by atoms with Crippen LogP contribution in [0.25, 0.3) is 0 Å². The second-order valence-corrected chi connectivity index (χ2v) is 4.54. The zero-order valence-electron chi connectivity index (χ0n) is 12.2. The topological polar surface area (TPSA) is 9.23 Å². The first-order valence-corrected chi connectivity index (χ1v) is 5.81. The van der Waals surface area contributed by atoms with E-state index in [2.05, 4.69) is 0 Å². The van der Waals surface area contributed by atoms with Gasteiger partial charge in [0.2, 0.25) is 0 Å². The predicted molar refractivity (Wildman–Crippen MR) is 51.5 cm³/mol. The van der Waals surface area contributed by atoms with Crippen LogP contribution in [0.4, 0.5) is 79.0 Å². The van der Waals surface area contributed by atoms with Gasteiger partial charge in [-0.3, -0.25) is 0 Å². The second-order valence-electron chi connectivity index (χ2n) is 4.54. The molecule has 19 heteroatoms. The number of halogens is 18. The lowest BCUT2D eigenvalue weighted by molar-refractivity contribution is -0.285. The smallest absolute Gasteiger partial charge is 0.403 e. The van der Waals surface area contributed by atoms with Crippen molar-refractivity contribution in [2.24, 2.45) is 0 Å². The van der Waals surface area contributed by atoms with Gasteiger partial charge in [-0.25, -0.2) is 0 Å². The average molecular weight is 478 g/mol. The molecule has 0 atom stereocenters. The quantitative estimate of drug-likeness (QED) is 0.316. The fourth-order valence-corrected chi connectivity index (χ4v) is 1.29. The van der Waals surface area contributed by atoms with E-state index >= 15 is 0 Å². The Balaban J connectivity index is 6.88. The van der Waals surface area contributed by atoms with Crippen LogP contribution < -0.4 is 0 Å². The number of rotatable bonds is 4. The number of allylic oxidation sites excluding steroid dienone is 2. The van der Waals surface area contributed by atoms with Gasteiger partial charge >= 0.3 is 36.6 Å². The summed E-state index contributed by atoms with van der Waals surface area (Å²) in [5, 5.41) is 0. The van der Waals surface area contributed by atoms with Gasteiger partial charge in [0.05, 0.1) is 0 Å². The highest BCUT2D eigenvalue weighted by molar-refractivity contribution is 5.26. The monoisotopic (exact) mass is 478 g/mol. The Hall–Kier alpha value is -1.98. The Morgan fingerprint density at radius 2 is 0.621 bits per heavy atom. The van der Waals surface area contributed by atoms with Crippen molar-refractivity contribution >= 4 is 0 Å². The molecule has 0 radical (unpaired) electrons. The van der Waals surface area contributed by atoms with E-state index < -0.39 is 59.7 Å². The van der Waals surface area contributed by atoms with Crippen molar-refractivity contribution in [1.82, 2.24) is 0 Å². The minimum Gasteiger partial charge on any atom is -0.403 e. The lowest BCUT2D eigenvalue weighted by Crippen LogP contribution is -2.45. The number of hydrogen-bond acceptors (Lipinski definition) is 1. The highest BCUT2D eigenvalue weighted by atomic mass is 19.4. The molecule has 0 rings (SSSR count). The van der Waals surface area contributed by atoms with Gasteiger partial charge in [-0.2, -0.15) is 79.0 Å². The summed E-state index contributed by atoms with van der Waals surface area (Å²) >= 11 is 0. The summed E-state index contributed by atoms with van der Waals surface area (Å²) in [7, 11) is 0. The molecule has 0 aliphatic heterocycles. The molecule has 172 valence electrons. The van der Waals surface area contributed by atoms with Crippen LogP contribution in [-0.2, 0) is 4.74 Å². The van der Waals surface area contributed by atoms with Crippen molar-refractivity contribution in [3.63, 3.8) is 0 Å². The van der Waals surface area contributed by atoms with E-state index in [0.717, 1.165) is 0 Å². The van der Waals surface area contributed by atoms with E-state index in [0.29, 0.717) is 0 Å². The molecule has 0 unspecified atom stereocenters. The van der Waals surface area contributed by atoms with E-state index in [1.807, 2.05) is 4.74 Å². The molecule has 29 heavy (non-hydrogen) atoms. The normalized spacial score (nSPS) is 17.0. The molecular formula is C10F18O. The first kappa shape index (κ1) is 27.0. The molecule has 0 saturated carbocycles. The molecular weight excluding hydrogens is 478 g/mol. The summed E-state index contributed by atoms with van der Waals surface area (Å²) in [6, 6.07) is -9.23. The molecule has 0 N–H and O–H groups in total. The van der Waals surface area contributed by atoms with Gasteiger partial charge < -0.3 is 4.74 Å². The van der Waals surface area contributed by atoms with Crippen molar-refractivity contribution < 1.29 is 83.8 Å². The Bertz CT molecular complexity index is 607. The van der Waals surface area contributed by atoms with Crippen molar-refractivity contribution in [2.75, 3.05) is 0 Å². The molecule has 0 fully saturated rings. The van der Waals surface area contributed by atoms with Crippen LogP contribution in [0.15, 0.2) is 23.2 Å². The van der Waals surface area contributed by atoms with Crippen molar-refractivity contribution in [1.29, 1.82) is 0 Å². The fraction of sp³-hybridized carbons (Fsp3) is 0.600. The molecule has 0 aliphatic rings. The lowest BCUT2D eigenvalue weighted by Gasteiger charge is -2.25. The predicted octanol–water partition coefficient (Wildman–Crippen LogP) is 6.89. The van der Waals surface area contributed by atoms with Crippen LogP contribution in [0.2, 0.25) is 0 Å². The highest BCUT2D eigenvalue weighted by Gasteiger charge is 2.70. The minimum atomic E-state index is -7.35. The fourth-order valence-electron chi connectivity index (χ4n) is 1.29. The third-order valence-electron chi connectivity index (χ3n) is 2.48. The second kappa shape index (κ2) is 7.37. The Morgan fingerprint density at radius 1 is 0.414 bits per heavy atom. The van der Waals surface area contributed by atoms with Crippen molar-refractivity contribution in [2.45, 2.75) is 36.6 Å². The zero-order valence-corrected chi connectivity index (χ0v) is 12.2. The SMILES string of the molecule is FC(OC(F)=C(C(F)(F)F)C(F)(F)C(F)(F)F)=C(C(F)(F)F)C(F)(F)C(F)(F)F. The molecule has 1 nitrogen and oxygen atoms in total. The van der Waals surface area contributed by atoms with Gasteiger partial charge in [0.1, 0.15) is 0 Å². The van der Waals surface area contributed by atoms with Gasteiger partial charge in [-0.05, 0) is 0 Å². The Kier molecular flexibility index (Phi) is 6.86. The lowest BCUT2D eigenvalue weighted by atomic mass is 10.1. The first-order valence-electron chi connectivity index (χ1n) is 5.81.